The molecule has 0 fully saturated rings. The maximum Gasteiger partial charge on any atom is 0.159 e. The van der Waals surface area contributed by atoms with Crippen molar-refractivity contribution in [3.63, 3.8) is 0 Å². The molecule has 0 atom stereocenters. The van der Waals surface area contributed by atoms with E-state index in [1.165, 1.54) is 0 Å². The molecule has 1 nitrogen and oxygen atoms in total. The second kappa shape index (κ2) is 4.91. The molecule has 3 heteroatoms. The molecule has 17 heavy (non-hydrogen) atoms. The summed E-state index contributed by atoms with van der Waals surface area (Å²) in [5, 5.41) is 1.17. The molecule has 0 saturated heterocycles. The highest BCUT2D eigenvalue weighted by Crippen LogP contribution is 2.27. The van der Waals surface area contributed by atoms with Gasteiger partial charge in [0.05, 0.1) is 0 Å². The van der Waals surface area contributed by atoms with Gasteiger partial charge in [-0.1, -0.05) is 41.4 Å². The van der Waals surface area contributed by atoms with Crippen LogP contribution in [0.25, 0.3) is 11.1 Å². The number of ketones is 1. The third-order valence-corrected chi connectivity index (χ3v) is 2.90. The molecule has 2 rings (SSSR count). The lowest BCUT2D eigenvalue weighted by Crippen LogP contribution is -1.91. The monoisotopic (exact) mass is 264 g/mol. The largest absolute Gasteiger partial charge is 0.295 e. The van der Waals surface area contributed by atoms with Crippen molar-refractivity contribution in [3.05, 3.63) is 58.1 Å². The van der Waals surface area contributed by atoms with E-state index in [2.05, 4.69) is 0 Å². The number of carbonyl (C=O) groups excluding carboxylic acids is 1. The van der Waals surface area contributed by atoms with Crippen molar-refractivity contribution in [1.82, 2.24) is 0 Å². The van der Waals surface area contributed by atoms with Gasteiger partial charge in [-0.15, -0.1) is 0 Å². The predicted octanol–water partition coefficient (Wildman–Crippen LogP) is 4.86. The van der Waals surface area contributed by atoms with E-state index in [-0.39, 0.29) is 5.78 Å². The molecule has 0 aliphatic heterocycles. The Labute approximate surface area is 110 Å². The van der Waals surface area contributed by atoms with Gasteiger partial charge in [0.2, 0.25) is 0 Å². The first-order chi connectivity index (χ1) is 8.06. The summed E-state index contributed by atoms with van der Waals surface area (Å²) in [4.78, 5) is 11.3. The SMILES string of the molecule is CC(=O)c1cccc(-c2cc(Cl)cc(Cl)c2)c1. The number of carbonyl (C=O) groups is 1. The third kappa shape index (κ3) is 2.87. The fourth-order valence-electron chi connectivity index (χ4n) is 1.64. The summed E-state index contributed by atoms with van der Waals surface area (Å²) in [6.45, 7) is 1.55. The first kappa shape index (κ1) is 12.2. The van der Waals surface area contributed by atoms with Gasteiger partial charge >= 0.3 is 0 Å². The molecule has 0 spiro atoms. The highest BCUT2D eigenvalue weighted by atomic mass is 35.5. The van der Waals surface area contributed by atoms with E-state index >= 15 is 0 Å². The number of hydrogen-bond donors (Lipinski definition) is 0. The standard InChI is InChI=1S/C14H10Cl2O/c1-9(17)10-3-2-4-11(5-10)12-6-13(15)8-14(16)7-12/h2-8H,1H3. The van der Waals surface area contributed by atoms with Crippen LogP contribution in [0.2, 0.25) is 10.0 Å². The minimum absolute atomic E-state index is 0.0416. The van der Waals surface area contributed by atoms with Crippen molar-refractivity contribution in [2.24, 2.45) is 0 Å². The van der Waals surface area contributed by atoms with Crippen LogP contribution < -0.4 is 0 Å². The summed E-state index contributed by atoms with van der Waals surface area (Å²) >= 11 is 11.9. The van der Waals surface area contributed by atoms with Crippen LogP contribution in [-0.2, 0) is 0 Å². The van der Waals surface area contributed by atoms with Crippen LogP contribution in [0.4, 0.5) is 0 Å². The summed E-state index contributed by atoms with van der Waals surface area (Å²) in [7, 11) is 0. The quantitative estimate of drug-likeness (QED) is 0.708. The van der Waals surface area contributed by atoms with Crippen molar-refractivity contribution in [2.75, 3.05) is 0 Å². The lowest BCUT2D eigenvalue weighted by atomic mass is 10.0. The molecule has 0 radical (unpaired) electrons. The molecule has 2 aromatic rings. The van der Waals surface area contributed by atoms with Gasteiger partial charge in [-0.05, 0) is 42.3 Å². The minimum Gasteiger partial charge on any atom is -0.295 e. The molecule has 86 valence electrons. The molecular formula is C14H10Cl2O. The Morgan fingerprint density at radius 1 is 0.941 bits per heavy atom. The van der Waals surface area contributed by atoms with Crippen molar-refractivity contribution >= 4 is 29.0 Å². The lowest BCUT2D eigenvalue weighted by Gasteiger charge is -2.05. The smallest absolute Gasteiger partial charge is 0.159 e. The molecule has 0 aliphatic rings. The van der Waals surface area contributed by atoms with Gasteiger partial charge < -0.3 is 0 Å². The van der Waals surface area contributed by atoms with E-state index < -0.39 is 0 Å². The van der Waals surface area contributed by atoms with Crippen LogP contribution >= 0.6 is 23.2 Å². The van der Waals surface area contributed by atoms with Gasteiger partial charge in [0, 0.05) is 15.6 Å². The zero-order chi connectivity index (χ0) is 12.4. The van der Waals surface area contributed by atoms with E-state index in [0.29, 0.717) is 15.6 Å². The molecule has 0 aromatic heterocycles. The first-order valence-electron chi connectivity index (χ1n) is 5.14. The highest BCUT2D eigenvalue weighted by Gasteiger charge is 2.04. The van der Waals surface area contributed by atoms with Crippen molar-refractivity contribution in [3.8, 4) is 11.1 Å². The summed E-state index contributed by atoms with van der Waals surface area (Å²) in [6, 6.07) is 12.7. The molecule has 0 N–H and O–H groups in total. The van der Waals surface area contributed by atoms with Crippen LogP contribution in [0.1, 0.15) is 17.3 Å². The van der Waals surface area contributed by atoms with E-state index in [9.17, 15) is 4.79 Å². The Kier molecular flexibility index (Phi) is 3.51. The van der Waals surface area contributed by atoms with Crippen LogP contribution in [0.5, 0.6) is 0 Å². The average Bonchev–Trinajstić information content (AvgIpc) is 2.28. The Morgan fingerprint density at radius 3 is 2.18 bits per heavy atom. The molecule has 0 bridgehead atoms. The number of Topliss-reactive ketones (excluding diaryl/α,β-unsaturated/α-hetero) is 1. The van der Waals surface area contributed by atoms with E-state index in [1.54, 1.807) is 19.1 Å². The van der Waals surface area contributed by atoms with E-state index in [4.69, 9.17) is 23.2 Å². The number of rotatable bonds is 2. The first-order valence-corrected chi connectivity index (χ1v) is 5.89. The fraction of sp³-hybridized carbons (Fsp3) is 0.0714. The predicted molar refractivity (Wildman–Crippen MR) is 71.9 cm³/mol. The highest BCUT2D eigenvalue weighted by molar-refractivity contribution is 6.35. The van der Waals surface area contributed by atoms with Crippen LogP contribution in [0, 0.1) is 0 Å². The molecule has 0 heterocycles. The average molecular weight is 265 g/mol. The Bertz CT molecular complexity index is 556. The van der Waals surface area contributed by atoms with Gasteiger partial charge in [0.15, 0.2) is 5.78 Å². The molecule has 0 saturated carbocycles. The zero-order valence-electron chi connectivity index (χ0n) is 9.21. The second-order valence-corrected chi connectivity index (χ2v) is 4.67. The molecule has 0 unspecified atom stereocenters. The summed E-state index contributed by atoms with van der Waals surface area (Å²) < 4.78 is 0. The maximum absolute atomic E-state index is 11.3. The number of hydrogen-bond acceptors (Lipinski definition) is 1. The summed E-state index contributed by atoms with van der Waals surface area (Å²) in [5.74, 6) is 0.0416. The molecule has 0 aliphatic carbocycles. The minimum atomic E-state index is 0.0416. The Morgan fingerprint density at radius 2 is 1.59 bits per heavy atom. The van der Waals surface area contributed by atoms with Gasteiger partial charge in [-0.25, -0.2) is 0 Å². The van der Waals surface area contributed by atoms with Gasteiger partial charge in [0.1, 0.15) is 0 Å². The summed E-state index contributed by atoms with van der Waals surface area (Å²) in [6.07, 6.45) is 0. The van der Waals surface area contributed by atoms with E-state index in [1.807, 2.05) is 30.3 Å². The second-order valence-electron chi connectivity index (χ2n) is 3.80. The normalized spacial score (nSPS) is 10.3. The van der Waals surface area contributed by atoms with Crippen molar-refractivity contribution < 1.29 is 4.79 Å². The summed E-state index contributed by atoms with van der Waals surface area (Å²) in [5.41, 5.74) is 2.52. The van der Waals surface area contributed by atoms with Crippen LogP contribution in [-0.4, -0.2) is 5.78 Å². The van der Waals surface area contributed by atoms with E-state index in [0.717, 1.165) is 11.1 Å². The number of halogens is 2. The lowest BCUT2D eigenvalue weighted by molar-refractivity contribution is 0.101. The zero-order valence-corrected chi connectivity index (χ0v) is 10.7. The number of benzene rings is 2. The van der Waals surface area contributed by atoms with Gasteiger partial charge in [0.25, 0.3) is 0 Å². The Hall–Kier alpha value is -1.31. The fourth-order valence-corrected chi connectivity index (χ4v) is 2.16. The van der Waals surface area contributed by atoms with Crippen molar-refractivity contribution in [2.45, 2.75) is 6.92 Å². The van der Waals surface area contributed by atoms with Crippen LogP contribution in [0.3, 0.4) is 0 Å². The van der Waals surface area contributed by atoms with Crippen LogP contribution in [0.15, 0.2) is 42.5 Å². The maximum atomic E-state index is 11.3. The van der Waals surface area contributed by atoms with Gasteiger partial charge in [-0.3, -0.25) is 4.79 Å². The topological polar surface area (TPSA) is 17.1 Å². The third-order valence-electron chi connectivity index (χ3n) is 2.46. The van der Waals surface area contributed by atoms with Gasteiger partial charge in [-0.2, -0.15) is 0 Å². The van der Waals surface area contributed by atoms with Crippen molar-refractivity contribution in [1.29, 1.82) is 0 Å². The molecule has 2 aromatic carbocycles. The Balaban J connectivity index is 2.52. The molecule has 0 amide bonds. The molecular weight excluding hydrogens is 255 g/mol.